The molecule has 0 aliphatic rings. The van der Waals surface area contributed by atoms with Crippen LogP contribution in [0.2, 0.25) is 0 Å². The summed E-state index contributed by atoms with van der Waals surface area (Å²) < 4.78 is 6.56. The van der Waals surface area contributed by atoms with Crippen molar-refractivity contribution in [3.8, 4) is 11.6 Å². The van der Waals surface area contributed by atoms with Gasteiger partial charge < -0.3 is 10.5 Å². The Bertz CT molecular complexity index is 914. The molecule has 0 unspecified atom stereocenters. The molecular formula is C18H16BrN5O2. The van der Waals surface area contributed by atoms with E-state index in [1.54, 1.807) is 24.3 Å². The number of aromatic nitrogens is 2. The van der Waals surface area contributed by atoms with Crippen LogP contribution < -0.4 is 21.3 Å². The SMILES string of the molecule is Cc1ccc(Oc2ncnc(NNC(=O)c3ccc(Br)cc3)c2N)cc1. The third kappa shape index (κ3) is 4.28. The number of nitrogens with two attached hydrogens (primary N) is 1. The number of rotatable bonds is 5. The van der Waals surface area contributed by atoms with Crippen LogP contribution in [0.5, 0.6) is 11.6 Å². The average Bonchev–Trinajstić information content (AvgIpc) is 2.64. The first-order valence-corrected chi connectivity index (χ1v) is 8.49. The van der Waals surface area contributed by atoms with Crippen LogP contribution in [0.3, 0.4) is 0 Å². The smallest absolute Gasteiger partial charge is 0.269 e. The molecule has 8 heteroatoms. The van der Waals surface area contributed by atoms with Gasteiger partial charge in [-0.3, -0.25) is 15.6 Å². The first kappa shape index (κ1) is 17.7. The fourth-order valence-corrected chi connectivity index (χ4v) is 2.33. The van der Waals surface area contributed by atoms with Gasteiger partial charge in [0.25, 0.3) is 5.91 Å². The molecule has 0 bridgehead atoms. The van der Waals surface area contributed by atoms with Crippen LogP contribution >= 0.6 is 15.9 Å². The van der Waals surface area contributed by atoms with Gasteiger partial charge in [0.1, 0.15) is 17.8 Å². The summed E-state index contributed by atoms with van der Waals surface area (Å²) >= 11 is 3.32. The van der Waals surface area contributed by atoms with Crippen molar-refractivity contribution in [3.05, 3.63) is 70.5 Å². The fourth-order valence-electron chi connectivity index (χ4n) is 2.07. The molecule has 0 fully saturated rings. The molecule has 4 N–H and O–H groups in total. The number of anilines is 2. The predicted molar refractivity (Wildman–Crippen MR) is 103 cm³/mol. The van der Waals surface area contributed by atoms with Crippen molar-refractivity contribution in [2.24, 2.45) is 0 Å². The highest BCUT2D eigenvalue weighted by molar-refractivity contribution is 9.10. The Morgan fingerprint density at radius 1 is 1.08 bits per heavy atom. The van der Waals surface area contributed by atoms with Crippen molar-refractivity contribution < 1.29 is 9.53 Å². The van der Waals surface area contributed by atoms with Crippen LogP contribution in [0, 0.1) is 6.92 Å². The molecule has 0 aliphatic heterocycles. The number of nitrogens with zero attached hydrogens (tertiary/aromatic N) is 2. The first-order chi connectivity index (χ1) is 12.5. The Hall–Kier alpha value is -3.13. The van der Waals surface area contributed by atoms with Crippen molar-refractivity contribution in [2.75, 3.05) is 11.2 Å². The van der Waals surface area contributed by atoms with Crippen LogP contribution in [-0.4, -0.2) is 15.9 Å². The van der Waals surface area contributed by atoms with Crippen LogP contribution in [-0.2, 0) is 0 Å². The third-order valence-electron chi connectivity index (χ3n) is 3.48. The maximum absolute atomic E-state index is 12.1. The normalized spacial score (nSPS) is 10.2. The minimum Gasteiger partial charge on any atom is -0.437 e. The third-order valence-corrected chi connectivity index (χ3v) is 4.01. The number of hydrogen-bond acceptors (Lipinski definition) is 6. The molecule has 0 atom stereocenters. The van der Waals surface area contributed by atoms with Gasteiger partial charge in [-0.2, -0.15) is 4.98 Å². The molecule has 3 aromatic rings. The number of ether oxygens (including phenoxy) is 1. The first-order valence-electron chi connectivity index (χ1n) is 7.70. The van der Waals surface area contributed by atoms with Gasteiger partial charge in [0, 0.05) is 10.0 Å². The van der Waals surface area contributed by atoms with Gasteiger partial charge in [-0.15, -0.1) is 0 Å². The van der Waals surface area contributed by atoms with E-state index in [1.165, 1.54) is 6.33 Å². The molecule has 3 rings (SSSR count). The monoisotopic (exact) mass is 413 g/mol. The van der Waals surface area contributed by atoms with E-state index in [9.17, 15) is 4.79 Å². The number of hydrogen-bond donors (Lipinski definition) is 3. The molecule has 0 saturated carbocycles. The number of nitrogen functional groups attached to an aromatic ring is 1. The van der Waals surface area contributed by atoms with E-state index in [1.807, 2.05) is 31.2 Å². The Morgan fingerprint density at radius 3 is 2.46 bits per heavy atom. The molecule has 132 valence electrons. The molecule has 0 radical (unpaired) electrons. The van der Waals surface area contributed by atoms with Crippen molar-refractivity contribution >= 4 is 33.3 Å². The van der Waals surface area contributed by atoms with Gasteiger partial charge in [0.05, 0.1) is 0 Å². The number of halogens is 1. The van der Waals surface area contributed by atoms with E-state index in [4.69, 9.17) is 10.5 Å². The molecule has 7 nitrogen and oxygen atoms in total. The Kier molecular flexibility index (Phi) is 5.33. The van der Waals surface area contributed by atoms with Crippen LogP contribution in [0.15, 0.2) is 59.3 Å². The summed E-state index contributed by atoms with van der Waals surface area (Å²) in [7, 11) is 0. The zero-order valence-electron chi connectivity index (χ0n) is 13.9. The summed E-state index contributed by atoms with van der Waals surface area (Å²) in [5, 5.41) is 0. The molecule has 0 aliphatic carbocycles. The predicted octanol–water partition coefficient (Wildman–Crippen LogP) is 3.68. The van der Waals surface area contributed by atoms with Gasteiger partial charge in [-0.05, 0) is 43.3 Å². The molecular weight excluding hydrogens is 398 g/mol. The Balaban J connectivity index is 1.69. The average molecular weight is 414 g/mol. The van der Waals surface area contributed by atoms with E-state index in [-0.39, 0.29) is 23.3 Å². The zero-order chi connectivity index (χ0) is 18.5. The summed E-state index contributed by atoms with van der Waals surface area (Å²) in [5.41, 5.74) is 13.1. The molecule has 1 aromatic heterocycles. The topological polar surface area (TPSA) is 102 Å². The lowest BCUT2D eigenvalue weighted by Crippen LogP contribution is -2.30. The second-order valence-electron chi connectivity index (χ2n) is 5.44. The highest BCUT2D eigenvalue weighted by Crippen LogP contribution is 2.28. The number of aryl methyl sites for hydroxylation is 1. The van der Waals surface area contributed by atoms with Gasteiger partial charge in [0.2, 0.25) is 5.88 Å². The number of hydrazine groups is 1. The summed E-state index contributed by atoms with van der Waals surface area (Å²) in [5.74, 6) is 0.721. The van der Waals surface area contributed by atoms with Crippen LogP contribution in [0.25, 0.3) is 0 Å². The number of nitrogens with one attached hydrogen (secondary N) is 2. The fraction of sp³-hybridized carbons (Fsp3) is 0.0556. The van der Waals surface area contributed by atoms with Crippen LogP contribution in [0.1, 0.15) is 15.9 Å². The summed E-state index contributed by atoms with van der Waals surface area (Å²) in [6, 6.07) is 14.4. The molecule has 26 heavy (non-hydrogen) atoms. The van der Waals surface area contributed by atoms with Crippen molar-refractivity contribution in [2.45, 2.75) is 6.92 Å². The lowest BCUT2D eigenvalue weighted by atomic mass is 10.2. The number of amides is 1. The minimum atomic E-state index is -0.323. The lowest BCUT2D eigenvalue weighted by molar-refractivity contribution is 0.0962. The summed E-state index contributed by atoms with van der Waals surface area (Å²) in [6.07, 6.45) is 1.30. The van der Waals surface area contributed by atoms with Crippen molar-refractivity contribution in [1.82, 2.24) is 15.4 Å². The molecule has 2 aromatic carbocycles. The number of carbonyl (C=O) groups excluding carboxylic acids is 1. The second kappa shape index (κ2) is 7.83. The standard InChI is InChI=1S/C18H16BrN5O2/c1-11-2-8-14(9-3-11)26-18-15(20)16(21-10-22-18)23-24-17(25)12-4-6-13(19)7-5-12/h2-10H,20H2,1H3,(H,24,25)(H,21,22,23). The maximum Gasteiger partial charge on any atom is 0.269 e. The summed E-state index contributed by atoms with van der Waals surface area (Å²) in [4.78, 5) is 20.2. The van der Waals surface area contributed by atoms with Crippen molar-refractivity contribution in [3.63, 3.8) is 0 Å². The van der Waals surface area contributed by atoms with E-state index in [2.05, 4.69) is 36.7 Å². The zero-order valence-corrected chi connectivity index (χ0v) is 15.4. The number of carbonyl (C=O) groups is 1. The molecule has 0 saturated heterocycles. The van der Waals surface area contributed by atoms with Crippen molar-refractivity contribution in [1.29, 1.82) is 0 Å². The van der Waals surface area contributed by atoms with E-state index in [0.29, 0.717) is 11.3 Å². The Morgan fingerprint density at radius 2 is 1.77 bits per heavy atom. The van der Waals surface area contributed by atoms with Crippen LogP contribution in [0.4, 0.5) is 11.5 Å². The molecule has 0 spiro atoms. The number of benzene rings is 2. The second-order valence-corrected chi connectivity index (χ2v) is 6.36. The highest BCUT2D eigenvalue weighted by Gasteiger charge is 2.12. The van der Waals surface area contributed by atoms with E-state index < -0.39 is 0 Å². The molecule has 1 amide bonds. The lowest BCUT2D eigenvalue weighted by Gasteiger charge is -2.12. The quantitative estimate of drug-likeness (QED) is 0.551. The van der Waals surface area contributed by atoms with E-state index >= 15 is 0 Å². The molecule has 1 heterocycles. The van der Waals surface area contributed by atoms with Gasteiger partial charge in [0.15, 0.2) is 5.82 Å². The van der Waals surface area contributed by atoms with E-state index in [0.717, 1.165) is 10.0 Å². The summed E-state index contributed by atoms with van der Waals surface area (Å²) in [6.45, 7) is 1.99. The maximum atomic E-state index is 12.1. The Labute approximate surface area is 158 Å². The van der Waals surface area contributed by atoms with Gasteiger partial charge in [-0.1, -0.05) is 33.6 Å². The van der Waals surface area contributed by atoms with Gasteiger partial charge >= 0.3 is 0 Å². The largest absolute Gasteiger partial charge is 0.437 e. The highest BCUT2D eigenvalue weighted by atomic mass is 79.9. The minimum absolute atomic E-state index is 0.184. The van der Waals surface area contributed by atoms with Gasteiger partial charge in [-0.25, -0.2) is 4.98 Å².